The van der Waals surface area contributed by atoms with Crippen molar-refractivity contribution < 1.29 is 9.47 Å². The van der Waals surface area contributed by atoms with Crippen molar-refractivity contribution in [3.63, 3.8) is 0 Å². The Hall–Kier alpha value is -4.02. The van der Waals surface area contributed by atoms with Gasteiger partial charge in [-0.05, 0) is 57.9 Å². The fourth-order valence-electron chi connectivity index (χ4n) is 3.96. The molecule has 0 unspecified atom stereocenters. The molecule has 0 aromatic heterocycles. The zero-order valence-corrected chi connectivity index (χ0v) is 19.0. The molecule has 4 nitrogen and oxygen atoms in total. The van der Waals surface area contributed by atoms with Crippen molar-refractivity contribution >= 4 is 24.3 Å². The van der Waals surface area contributed by atoms with Gasteiger partial charge >= 0.3 is 0 Å². The second kappa shape index (κ2) is 10.8. The van der Waals surface area contributed by atoms with Gasteiger partial charge in [-0.1, -0.05) is 77.8 Å². The summed E-state index contributed by atoms with van der Waals surface area (Å²) in [5.74, 6) is 0.870. The first-order chi connectivity index (χ1) is 15.4. The quantitative estimate of drug-likeness (QED) is 0.366. The molecule has 0 atom stereocenters. The van der Waals surface area contributed by atoms with Gasteiger partial charge in [0.2, 0.25) is 0 Å². The van der Waals surface area contributed by atoms with Gasteiger partial charge in [-0.15, -0.1) is 10.5 Å². The number of ether oxygens (including phenoxy) is 2. The molecule has 162 valence electrons. The van der Waals surface area contributed by atoms with Crippen LogP contribution in [0.4, 0.5) is 0 Å². The number of nitrogens with zero attached hydrogens (tertiary/aromatic N) is 2. The Morgan fingerprint density at radius 3 is 1.78 bits per heavy atom. The molecule has 2 aromatic carbocycles. The number of rotatable bonds is 10. The van der Waals surface area contributed by atoms with Crippen molar-refractivity contribution in [3.05, 3.63) is 71.8 Å². The van der Waals surface area contributed by atoms with E-state index in [1.165, 1.54) is 0 Å². The first-order valence-corrected chi connectivity index (χ1v) is 10.5. The Bertz CT molecular complexity index is 1160. The number of hydrogen-bond donors (Lipinski definition) is 0. The molecular weight excluding hydrogens is 396 g/mol. The van der Waals surface area contributed by atoms with Gasteiger partial charge in [0.15, 0.2) is 11.5 Å². The van der Waals surface area contributed by atoms with Crippen molar-refractivity contribution in [1.29, 1.82) is 10.5 Å². The van der Waals surface area contributed by atoms with Crippen LogP contribution in [0, 0.1) is 23.0 Å². The van der Waals surface area contributed by atoms with Crippen LogP contribution in [0.15, 0.2) is 38.4 Å². The van der Waals surface area contributed by atoms with Gasteiger partial charge in [0, 0.05) is 11.1 Å². The molecular formula is C28H28N2O2. The topological polar surface area (TPSA) is 66.0 Å². The second-order valence-electron chi connectivity index (χ2n) is 7.52. The molecule has 2 rings (SSSR count). The highest BCUT2D eigenvalue weighted by Crippen LogP contribution is 2.49. The fourth-order valence-corrected chi connectivity index (χ4v) is 3.96. The van der Waals surface area contributed by atoms with E-state index in [1.54, 1.807) is 24.3 Å². The fraction of sp³-hybridized carbons (Fsp3) is 0.214. The van der Waals surface area contributed by atoms with E-state index >= 15 is 0 Å². The van der Waals surface area contributed by atoms with Crippen LogP contribution in [-0.4, -0.2) is 0 Å². The predicted octanol–water partition coefficient (Wildman–Crippen LogP) is 7.72. The summed E-state index contributed by atoms with van der Waals surface area (Å²) in [4.78, 5) is 0. The van der Waals surface area contributed by atoms with Gasteiger partial charge in [-0.3, -0.25) is 0 Å². The molecule has 4 heteroatoms. The number of hydrogen-bond acceptors (Lipinski definition) is 4. The lowest BCUT2D eigenvalue weighted by Crippen LogP contribution is -2.05. The Balaban J connectivity index is 3.30. The first-order valence-electron chi connectivity index (χ1n) is 10.5. The van der Waals surface area contributed by atoms with Crippen LogP contribution in [0.1, 0.15) is 66.5 Å². The largest absolute Gasteiger partial charge is 0.387 e. The van der Waals surface area contributed by atoms with Gasteiger partial charge < -0.3 is 9.47 Å². The van der Waals surface area contributed by atoms with Crippen molar-refractivity contribution in [3.8, 4) is 35.1 Å². The molecule has 32 heavy (non-hydrogen) atoms. The van der Waals surface area contributed by atoms with Crippen LogP contribution < -0.4 is 9.47 Å². The summed E-state index contributed by atoms with van der Waals surface area (Å²) in [5.41, 5.74) is 6.06. The highest BCUT2D eigenvalue weighted by molar-refractivity contribution is 5.95. The Morgan fingerprint density at radius 2 is 1.34 bits per heavy atom. The molecule has 0 aliphatic carbocycles. The summed E-state index contributed by atoms with van der Waals surface area (Å²) in [6, 6.07) is 3.91. The predicted molar refractivity (Wildman–Crippen MR) is 133 cm³/mol. The van der Waals surface area contributed by atoms with E-state index in [9.17, 15) is 10.5 Å². The summed E-state index contributed by atoms with van der Waals surface area (Å²) in [6.45, 7) is 22.0. The minimum absolute atomic E-state index is 0.0554. The van der Waals surface area contributed by atoms with Crippen molar-refractivity contribution in [2.24, 2.45) is 0 Å². The number of nitriles is 2. The third-order valence-electron chi connectivity index (χ3n) is 5.34. The number of benzene rings is 2. The lowest BCUT2D eigenvalue weighted by Gasteiger charge is -2.24. The summed E-state index contributed by atoms with van der Waals surface area (Å²) < 4.78 is 11.1. The summed E-state index contributed by atoms with van der Waals surface area (Å²) in [7, 11) is 0. The maximum Gasteiger partial charge on any atom is 0.292 e. The van der Waals surface area contributed by atoms with Crippen LogP contribution >= 0.6 is 0 Å². The van der Waals surface area contributed by atoms with E-state index < -0.39 is 0 Å². The third-order valence-corrected chi connectivity index (χ3v) is 5.34. The first kappa shape index (κ1) is 24.3. The van der Waals surface area contributed by atoms with Crippen molar-refractivity contribution in [2.75, 3.05) is 0 Å². The average molecular weight is 425 g/mol. The smallest absolute Gasteiger partial charge is 0.292 e. The molecule has 0 bridgehead atoms. The Kier molecular flexibility index (Phi) is 8.22. The van der Waals surface area contributed by atoms with Crippen LogP contribution in [-0.2, 0) is 6.42 Å². The standard InChI is InChI=1S/C28H28N2O2/c1-8-13-21-14-19(9-2)22(11-4)25(27(21)31-16-29)26-23(12-5)20(10-3)15-24(18(6)7)28(26)32-17-30/h9-12,14-15,18H,2-5,8,13H2,1,6-7H3. The number of aryl methyl sites for hydroxylation is 1. The van der Waals surface area contributed by atoms with E-state index in [0.717, 1.165) is 39.8 Å². The lowest BCUT2D eigenvalue weighted by atomic mass is 9.83. The molecule has 0 spiro atoms. The van der Waals surface area contributed by atoms with E-state index in [2.05, 4.69) is 33.2 Å². The van der Waals surface area contributed by atoms with Crippen LogP contribution in [0.3, 0.4) is 0 Å². The molecule has 0 amide bonds. The monoisotopic (exact) mass is 424 g/mol. The SMILES string of the molecule is C=Cc1cc(CCC)c(OC#N)c(-c2c(C=C)c(C=C)cc(C(C)C)c2OC#N)c1C=C. The molecule has 0 saturated heterocycles. The maximum absolute atomic E-state index is 9.49. The summed E-state index contributed by atoms with van der Waals surface area (Å²) in [6.07, 6.45) is 12.1. The van der Waals surface area contributed by atoms with Gasteiger partial charge in [-0.25, -0.2) is 0 Å². The van der Waals surface area contributed by atoms with E-state index in [0.29, 0.717) is 29.0 Å². The highest BCUT2D eigenvalue weighted by Gasteiger charge is 2.27. The van der Waals surface area contributed by atoms with E-state index in [1.807, 2.05) is 38.5 Å². The minimum atomic E-state index is 0.0554. The van der Waals surface area contributed by atoms with Crippen LogP contribution in [0.25, 0.3) is 35.4 Å². The molecule has 0 radical (unpaired) electrons. The zero-order chi connectivity index (χ0) is 23.8. The van der Waals surface area contributed by atoms with Crippen molar-refractivity contribution in [2.45, 2.75) is 39.5 Å². The van der Waals surface area contributed by atoms with E-state index in [-0.39, 0.29) is 5.92 Å². The molecule has 0 fully saturated rings. The summed E-state index contributed by atoms with van der Waals surface area (Å²) >= 11 is 0. The minimum Gasteiger partial charge on any atom is -0.387 e. The Labute approximate surface area is 191 Å². The van der Waals surface area contributed by atoms with Crippen LogP contribution in [0.5, 0.6) is 11.5 Å². The maximum atomic E-state index is 9.49. The average Bonchev–Trinajstić information content (AvgIpc) is 2.79. The zero-order valence-electron chi connectivity index (χ0n) is 19.0. The molecule has 0 N–H and O–H groups in total. The lowest BCUT2D eigenvalue weighted by molar-refractivity contribution is 0.492. The highest BCUT2D eigenvalue weighted by atomic mass is 16.5. The molecule has 2 aromatic rings. The molecule has 0 aliphatic rings. The van der Waals surface area contributed by atoms with Gasteiger partial charge in [0.25, 0.3) is 12.5 Å². The molecule has 0 aliphatic heterocycles. The molecule has 0 saturated carbocycles. The second-order valence-corrected chi connectivity index (χ2v) is 7.52. The van der Waals surface area contributed by atoms with Gasteiger partial charge in [0.1, 0.15) is 0 Å². The molecule has 0 heterocycles. The van der Waals surface area contributed by atoms with E-state index in [4.69, 9.17) is 9.47 Å². The Morgan fingerprint density at radius 1 is 0.844 bits per heavy atom. The normalized spacial score (nSPS) is 10.1. The van der Waals surface area contributed by atoms with Crippen molar-refractivity contribution in [1.82, 2.24) is 0 Å². The third kappa shape index (κ3) is 4.36. The summed E-state index contributed by atoms with van der Waals surface area (Å²) in [5, 5.41) is 19.0. The van der Waals surface area contributed by atoms with Gasteiger partial charge in [0.05, 0.1) is 0 Å². The van der Waals surface area contributed by atoms with Gasteiger partial charge in [-0.2, -0.15) is 0 Å². The van der Waals surface area contributed by atoms with Crippen LogP contribution in [0.2, 0.25) is 0 Å².